The molecule has 1 N–H and O–H groups in total. The summed E-state index contributed by atoms with van der Waals surface area (Å²) in [5.41, 5.74) is 3.56. The van der Waals surface area contributed by atoms with Crippen molar-refractivity contribution in [2.24, 2.45) is 5.92 Å². The lowest BCUT2D eigenvalue weighted by molar-refractivity contribution is 0.244. The summed E-state index contributed by atoms with van der Waals surface area (Å²) in [4.78, 5) is 13.5. The summed E-state index contributed by atoms with van der Waals surface area (Å²) in [7, 11) is 0. The molecule has 28 heavy (non-hydrogen) atoms. The number of tetrazole rings is 1. The molecule has 0 unspecified atom stereocenters. The molecule has 0 atom stereocenters. The van der Waals surface area contributed by atoms with Crippen LogP contribution in [0.2, 0.25) is 0 Å². The zero-order chi connectivity index (χ0) is 19.3. The highest BCUT2D eigenvalue weighted by Crippen LogP contribution is 2.31. The summed E-state index contributed by atoms with van der Waals surface area (Å²) in [6.45, 7) is 9.12. The lowest BCUT2D eigenvalue weighted by Crippen LogP contribution is -2.46. The Bertz CT molecular complexity index is 870. The third-order valence-corrected chi connectivity index (χ3v) is 4.99. The number of nitrogens with zero attached hydrogens (tertiary/aromatic N) is 7. The molecule has 0 bridgehead atoms. The Morgan fingerprint density at radius 2 is 1.86 bits per heavy atom. The molecule has 0 radical (unpaired) electrons. The normalized spacial score (nSPS) is 15.3. The molecule has 8 heteroatoms. The van der Waals surface area contributed by atoms with Gasteiger partial charge in [-0.1, -0.05) is 19.9 Å². The van der Waals surface area contributed by atoms with E-state index < -0.39 is 0 Å². The van der Waals surface area contributed by atoms with E-state index >= 15 is 0 Å². The predicted octanol–water partition coefficient (Wildman–Crippen LogP) is 2.18. The molecule has 0 saturated carbocycles. The van der Waals surface area contributed by atoms with E-state index in [0.717, 1.165) is 50.5 Å². The largest absolute Gasteiger partial charge is 0.368 e. The Hall–Kier alpha value is -2.87. The maximum Gasteiger partial charge on any atom is 0.206 e. The van der Waals surface area contributed by atoms with E-state index in [9.17, 15) is 0 Å². The number of aromatic amines is 1. The second-order valence-electron chi connectivity index (χ2n) is 7.61. The Morgan fingerprint density at radius 3 is 2.54 bits per heavy atom. The summed E-state index contributed by atoms with van der Waals surface area (Å²) in [5.74, 6) is 2.14. The van der Waals surface area contributed by atoms with Gasteiger partial charge in [0, 0.05) is 49.8 Å². The Kier molecular flexibility index (Phi) is 5.57. The quantitative estimate of drug-likeness (QED) is 0.703. The molecule has 146 valence electrons. The van der Waals surface area contributed by atoms with Crippen molar-refractivity contribution in [3.05, 3.63) is 48.0 Å². The molecule has 3 heterocycles. The van der Waals surface area contributed by atoms with Crippen LogP contribution in [0.4, 0.5) is 5.69 Å². The summed E-state index contributed by atoms with van der Waals surface area (Å²) < 4.78 is 0. The van der Waals surface area contributed by atoms with Crippen LogP contribution in [-0.4, -0.2) is 61.7 Å². The van der Waals surface area contributed by atoms with Crippen LogP contribution in [0.15, 0.2) is 36.7 Å². The summed E-state index contributed by atoms with van der Waals surface area (Å²) in [5, 5.41) is 14.7. The van der Waals surface area contributed by atoms with E-state index in [4.69, 9.17) is 0 Å². The highest BCUT2D eigenvalue weighted by atomic mass is 15.5. The van der Waals surface area contributed by atoms with Gasteiger partial charge >= 0.3 is 0 Å². The van der Waals surface area contributed by atoms with Gasteiger partial charge in [0.2, 0.25) is 5.82 Å². The smallest absolute Gasteiger partial charge is 0.206 e. The Labute approximate surface area is 165 Å². The van der Waals surface area contributed by atoms with Crippen LogP contribution in [0.3, 0.4) is 0 Å². The first-order valence-electron chi connectivity index (χ1n) is 9.79. The number of aromatic nitrogens is 6. The predicted molar refractivity (Wildman–Crippen MR) is 108 cm³/mol. The monoisotopic (exact) mass is 378 g/mol. The minimum atomic E-state index is 0.617. The van der Waals surface area contributed by atoms with Crippen molar-refractivity contribution < 1.29 is 0 Å². The molecule has 0 aliphatic carbocycles. The number of nitrogens with one attached hydrogen (secondary N) is 1. The minimum absolute atomic E-state index is 0.617. The minimum Gasteiger partial charge on any atom is -0.368 e. The second kappa shape index (κ2) is 8.43. The summed E-state index contributed by atoms with van der Waals surface area (Å²) >= 11 is 0. The Morgan fingerprint density at radius 1 is 1.07 bits per heavy atom. The van der Waals surface area contributed by atoms with Crippen LogP contribution in [0, 0.1) is 5.92 Å². The maximum absolute atomic E-state index is 4.34. The van der Waals surface area contributed by atoms with Gasteiger partial charge in [0.05, 0.1) is 6.54 Å². The molecule has 1 aromatic carbocycles. The van der Waals surface area contributed by atoms with E-state index in [1.165, 1.54) is 11.3 Å². The van der Waals surface area contributed by atoms with E-state index in [1.807, 2.05) is 6.07 Å². The standard InChI is InChI=1S/C20H26N8/c1-15(2)12-16-4-5-17(20-23-25-26-24-20)18(13-16)28-10-8-27(9-11-28)14-19-21-6-3-7-22-19/h3-7,13,15H,8-12,14H2,1-2H3,(H,23,24,25,26). The van der Waals surface area contributed by atoms with Crippen LogP contribution in [-0.2, 0) is 13.0 Å². The molecule has 0 spiro atoms. The number of hydrogen-bond donors (Lipinski definition) is 1. The second-order valence-corrected chi connectivity index (χ2v) is 7.61. The average Bonchev–Trinajstić information content (AvgIpc) is 3.23. The van der Waals surface area contributed by atoms with Crippen LogP contribution >= 0.6 is 0 Å². The molecule has 4 rings (SSSR count). The van der Waals surface area contributed by atoms with Gasteiger partial charge in [-0.3, -0.25) is 4.90 Å². The third kappa shape index (κ3) is 4.33. The first kappa shape index (κ1) is 18.5. The zero-order valence-electron chi connectivity index (χ0n) is 16.4. The number of hydrogen-bond acceptors (Lipinski definition) is 7. The van der Waals surface area contributed by atoms with Gasteiger partial charge in [0.25, 0.3) is 0 Å². The SMILES string of the molecule is CC(C)Cc1ccc(-c2nn[nH]n2)c(N2CCN(Cc3ncccn3)CC2)c1. The van der Waals surface area contributed by atoms with Gasteiger partial charge < -0.3 is 4.90 Å². The van der Waals surface area contributed by atoms with Crippen molar-refractivity contribution in [3.63, 3.8) is 0 Å². The molecular formula is C20H26N8. The number of piperazine rings is 1. The van der Waals surface area contributed by atoms with E-state index in [-0.39, 0.29) is 0 Å². The van der Waals surface area contributed by atoms with Gasteiger partial charge in [-0.2, -0.15) is 5.21 Å². The third-order valence-electron chi connectivity index (χ3n) is 4.99. The molecule has 3 aromatic rings. The highest BCUT2D eigenvalue weighted by molar-refractivity contribution is 5.75. The summed E-state index contributed by atoms with van der Waals surface area (Å²) in [6, 6.07) is 8.45. The molecular weight excluding hydrogens is 352 g/mol. The van der Waals surface area contributed by atoms with Crippen molar-refractivity contribution in [2.45, 2.75) is 26.8 Å². The van der Waals surface area contributed by atoms with E-state index in [1.54, 1.807) is 12.4 Å². The summed E-state index contributed by atoms with van der Waals surface area (Å²) in [6.07, 6.45) is 4.66. The number of H-pyrrole nitrogens is 1. The number of rotatable bonds is 6. The molecule has 1 aliphatic rings. The van der Waals surface area contributed by atoms with Crippen LogP contribution < -0.4 is 4.90 Å². The fourth-order valence-corrected chi connectivity index (χ4v) is 3.66. The van der Waals surface area contributed by atoms with Crippen molar-refractivity contribution in [1.29, 1.82) is 0 Å². The van der Waals surface area contributed by atoms with Gasteiger partial charge in [-0.05, 0) is 41.3 Å². The molecule has 8 nitrogen and oxygen atoms in total. The van der Waals surface area contributed by atoms with Crippen molar-refractivity contribution in [1.82, 2.24) is 35.5 Å². The first-order chi connectivity index (χ1) is 13.7. The topological polar surface area (TPSA) is 86.7 Å². The fourth-order valence-electron chi connectivity index (χ4n) is 3.66. The van der Waals surface area contributed by atoms with Crippen LogP contribution in [0.1, 0.15) is 25.2 Å². The van der Waals surface area contributed by atoms with Crippen LogP contribution in [0.25, 0.3) is 11.4 Å². The average molecular weight is 378 g/mol. The lowest BCUT2D eigenvalue weighted by Gasteiger charge is -2.36. The van der Waals surface area contributed by atoms with Gasteiger partial charge in [0.1, 0.15) is 5.82 Å². The van der Waals surface area contributed by atoms with Gasteiger partial charge in [-0.15, -0.1) is 10.2 Å². The highest BCUT2D eigenvalue weighted by Gasteiger charge is 2.22. The Balaban J connectivity index is 1.51. The fraction of sp³-hybridized carbons (Fsp3) is 0.450. The van der Waals surface area contributed by atoms with Gasteiger partial charge in [-0.25, -0.2) is 9.97 Å². The first-order valence-corrected chi connectivity index (χ1v) is 9.79. The van der Waals surface area contributed by atoms with E-state index in [2.05, 4.69) is 72.4 Å². The molecule has 1 fully saturated rings. The maximum atomic E-state index is 4.34. The van der Waals surface area contributed by atoms with Gasteiger partial charge in [0.15, 0.2) is 0 Å². The molecule has 1 aliphatic heterocycles. The lowest BCUT2D eigenvalue weighted by atomic mass is 9.99. The van der Waals surface area contributed by atoms with Crippen molar-refractivity contribution in [2.75, 3.05) is 31.1 Å². The van der Waals surface area contributed by atoms with Crippen molar-refractivity contribution >= 4 is 5.69 Å². The van der Waals surface area contributed by atoms with Crippen molar-refractivity contribution in [3.8, 4) is 11.4 Å². The number of anilines is 1. The number of benzene rings is 1. The molecule has 1 saturated heterocycles. The zero-order valence-corrected chi connectivity index (χ0v) is 16.4. The molecule has 2 aromatic heterocycles. The van der Waals surface area contributed by atoms with Crippen LogP contribution in [0.5, 0.6) is 0 Å². The molecule has 0 amide bonds. The van der Waals surface area contributed by atoms with E-state index in [0.29, 0.717) is 11.7 Å².